The van der Waals surface area contributed by atoms with Crippen molar-refractivity contribution in [2.24, 2.45) is 5.41 Å². The van der Waals surface area contributed by atoms with E-state index in [4.69, 9.17) is 16.9 Å². The molecule has 3 rings (SSSR count). The Labute approximate surface area is 251 Å². The highest BCUT2D eigenvalue weighted by molar-refractivity contribution is 5.78. The van der Waals surface area contributed by atoms with Gasteiger partial charge in [-0.15, -0.1) is 10.8 Å². The zero-order valence-electron chi connectivity index (χ0n) is 25.7. The number of aromatic amines is 1. The molecule has 2 heterocycles. The molecule has 42 heavy (non-hydrogen) atoms. The number of carbonyl (C=O) groups is 1. The van der Waals surface area contributed by atoms with Crippen molar-refractivity contribution >= 4 is 23.0 Å². The number of nitrogen functional groups attached to an aromatic ring is 1. The van der Waals surface area contributed by atoms with Gasteiger partial charge >= 0.3 is 17.7 Å². The normalized spacial score (nSPS) is 20.2. The Morgan fingerprint density at radius 3 is 2.12 bits per heavy atom. The molecule has 1 aliphatic carbocycles. The number of carbonyl (C=O) groups excluding carboxylic acids is 1. The molecule has 2 aromatic heterocycles. The second-order valence-corrected chi connectivity index (χ2v) is 12.2. The molecule has 2 aromatic rings. The van der Waals surface area contributed by atoms with Crippen molar-refractivity contribution in [3.05, 3.63) is 12.4 Å². The summed E-state index contributed by atoms with van der Waals surface area (Å²) < 4.78 is 21.4. The molecule has 4 N–H and O–H groups in total. The summed E-state index contributed by atoms with van der Waals surface area (Å²) in [5, 5.41) is 10.2. The number of nitrogens with zero attached hydrogens (tertiary/aromatic N) is 3. The van der Waals surface area contributed by atoms with Gasteiger partial charge in [-0.2, -0.15) is 4.98 Å². The first-order valence-electron chi connectivity index (χ1n) is 16.4. The van der Waals surface area contributed by atoms with E-state index in [1.54, 1.807) is 10.9 Å². The summed E-state index contributed by atoms with van der Waals surface area (Å²) in [6.45, 7) is 1.95. The summed E-state index contributed by atoms with van der Waals surface area (Å²) >= 11 is 0. The molecule has 0 aromatic carbocycles. The summed E-state index contributed by atoms with van der Waals surface area (Å²) in [5.41, 5.74) is 5.55. The van der Waals surface area contributed by atoms with Crippen LogP contribution in [0.3, 0.4) is 0 Å². The van der Waals surface area contributed by atoms with Crippen molar-refractivity contribution < 1.29 is 23.6 Å². The van der Waals surface area contributed by atoms with Gasteiger partial charge in [-0.1, -0.05) is 116 Å². The standard InChI is InChI=1S/C33H52FN5O3/c1-3-5-6-7-8-9-10-11-12-13-14-15-16-17-18-19-20-21-28(41)42-27-22-26(23-33(27,4-2)24-40)39-25-36-29-30(35)37-32(34)38-31(29)39/h2,25-27,40H,3,5-24H2,1H3,(H2,35,37,38)/p+1/t26-,27+,33+/m0/s1. The molecule has 0 unspecified atom stereocenters. The van der Waals surface area contributed by atoms with Crippen molar-refractivity contribution in [2.75, 3.05) is 12.3 Å². The molecule has 1 fully saturated rings. The van der Waals surface area contributed by atoms with Crippen molar-refractivity contribution in [2.45, 2.75) is 147 Å². The molecule has 0 radical (unpaired) electrons. The molecule has 0 bridgehead atoms. The average Bonchev–Trinajstić information content (AvgIpc) is 3.56. The number of imidazole rings is 1. The smallest absolute Gasteiger partial charge is 0.386 e. The van der Waals surface area contributed by atoms with Gasteiger partial charge in [0.2, 0.25) is 5.52 Å². The highest BCUT2D eigenvalue weighted by Crippen LogP contribution is 2.44. The fourth-order valence-corrected chi connectivity index (χ4v) is 6.29. The first-order valence-corrected chi connectivity index (χ1v) is 16.4. The van der Waals surface area contributed by atoms with Crippen molar-refractivity contribution in [1.82, 2.24) is 15.0 Å². The van der Waals surface area contributed by atoms with E-state index in [-0.39, 0.29) is 24.4 Å². The van der Waals surface area contributed by atoms with Crippen LogP contribution >= 0.6 is 0 Å². The summed E-state index contributed by atoms with van der Waals surface area (Å²) in [6, 6.07) is -0.256. The van der Waals surface area contributed by atoms with Crippen LogP contribution in [0.4, 0.5) is 10.2 Å². The van der Waals surface area contributed by atoms with Crippen LogP contribution in [0.1, 0.15) is 141 Å². The van der Waals surface area contributed by atoms with Gasteiger partial charge in [-0.25, -0.2) is 4.57 Å². The minimum Gasteiger partial charge on any atom is -0.460 e. The number of rotatable bonds is 21. The fraction of sp³-hybridized carbons (Fsp3) is 0.758. The van der Waals surface area contributed by atoms with Gasteiger partial charge in [0, 0.05) is 19.3 Å². The maximum absolute atomic E-state index is 13.9. The third-order valence-corrected chi connectivity index (χ3v) is 8.91. The number of esters is 1. The predicted molar refractivity (Wildman–Crippen MR) is 164 cm³/mol. The monoisotopic (exact) mass is 586 g/mol. The molecule has 8 nitrogen and oxygen atoms in total. The van der Waals surface area contributed by atoms with Gasteiger partial charge in [0.25, 0.3) is 0 Å². The molecule has 0 aliphatic heterocycles. The van der Waals surface area contributed by atoms with Gasteiger partial charge in [-0.05, 0) is 11.4 Å². The first-order chi connectivity index (χ1) is 20.4. The number of nitrogens with one attached hydrogen (secondary N) is 1. The summed E-state index contributed by atoms with van der Waals surface area (Å²) in [7, 11) is 0. The Hall–Kier alpha value is -2.73. The minimum atomic E-state index is -1.01. The largest absolute Gasteiger partial charge is 0.460 e. The molecule has 3 atom stereocenters. The quantitative estimate of drug-likeness (QED) is 0.0483. The Morgan fingerprint density at radius 2 is 1.60 bits per heavy atom. The SMILES string of the molecule is C#C[C@]1(CO)C[C@@H]([n+]2c[nH]c3c(N)nc(F)nc32)C[C@H]1OC(=O)CCCCCCCCCCCCCCCCCCC. The second kappa shape index (κ2) is 18.0. The van der Waals surface area contributed by atoms with Crippen LogP contribution in [0, 0.1) is 23.8 Å². The molecule has 234 valence electrons. The van der Waals surface area contributed by atoms with Crippen LogP contribution in [-0.2, 0) is 9.53 Å². The number of halogens is 1. The van der Waals surface area contributed by atoms with Crippen LogP contribution in [0.5, 0.6) is 0 Å². The molecule has 0 spiro atoms. The van der Waals surface area contributed by atoms with Crippen LogP contribution in [-0.4, -0.2) is 38.7 Å². The maximum Gasteiger partial charge on any atom is 0.386 e. The van der Waals surface area contributed by atoms with Crippen LogP contribution in [0.2, 0.25) is 0 Å². The second-order valence-electron chi connectivity index (χ2n) is 12.2. The van der Waals surface area contributed by atoms with Gasteiger partial charge in [0.1, 0.15) is 6.10 Å². The number of terminal acetylenes is 1. The Kier molecular flexibility index (Phi) is 14.5. The highest BCUT2D eigenvalue weighted by Gasteiger charge is 2.51. The number of hydrogen-bond acceptors (Lipinski definition) is 6. The molecule has 1 aliphatic rings. The molecule has 0 amide bonds. The Balaban J connectivity index is 1.28. The van der Waals surface area contributed by atoms with Gasteiger partial charge in [0.15, 0.2) is 12.1 Å². The van der Waals surface area contributed by atoms with Gasteiger partial charge < -0.3 is 15.6 Å². The summed E-state index contributed by atoms with van der Waals surface area (Å²) in [6.07, 6.45) is 28.9. The lowest BCUT2D eigenvalue weighted by molar-refractivity contribution is -0.699. The number of nitrogens with two attached hydrogens (primary N) is 1. The van der Waals surface area contributed by atoms with Crippen molar-refractivity contribution in [3.8, 4) is 12.3 Å². The minimum absolute atomic E-state index is 0.0108. The highest BCUT2D eigenvalue weighted by atomic mass is 19.1. The molecular formula is C33H53FN5O3+. The molecule has 9 heteroatoms. The fourth-order valence-electron chi connectivity index (χ4n) is 6.29. The molecular weight excluding hydrogens is 533 g/mol. The molecule has 0 saturated heterocycles. The number of H-pyrrole nitrogens is 1. The van der Waals surface area contributed by atoms with Crippen LogP contribution in [0.25, 0.3) is 11.2 Å². The molecule has 1 saturated carbocycles. The number of aliphatic hydroxyl groups excluding tert-OH is 1. The number of aromatic nitrogens is 4. The summed E-state index contributed by atoms with van der Waals surface area (Å²) in [4.78, 5) is 23.1. The van der Waals surface area contributed by atoms with E-state index >= 15 is 0 Å². The topological polar surface area (TPSA) is 118 Å². The number of fused-ring (bicyclic) bond motifs is 1. The van der Waals surface area contributed by atoms with E-state index in [1.165, 1.54) is 89.9 Å². The van der Waals surface area contributed by atoms with Crippen molar-refractivity contribution in [3.63, 3.8) is 0 Å². The zero-order chi connectivity index (χ0) is 30.2. The lowest BCUT2D eigenvalue weighted by Crippen LogP contribution is -2.38. The van der Waals surface area contributed by atoms with Crippen LogP contribution < -0.4 is 10.3 Å². The third kappa shape index (κ3) is 9.93. The number of ether oxygens (including phenoxy) is 1. The number of unbranched alkanes of at least 4 members (excludes halogenated alkanes) is 16. The number of hydrogen-bond donors (Lipinski definition) is 3. The number of aliphatic hydroxyl groups is 1. The van der Waals surface area contributed by atoms with Gasteiger partial charge in [-0.3, -0.25) is 9.78 Å². The predicted octanol–water partition coefficient (Wildman–Crippen LogP) is 6.87. The van der Waals surface area contributed by atoms with Crippen LogP contribution in [0.15, 0.2) is 6.33 Å². The van der Waals surface area contributed by atoms with E-state index in [1.807, 2.05) is 0 Å². The van der Waals surface area contributed by atoms with E-state index in [2.05, 4.69) is 27.8 Å². The lowest BCUT2D eigenvalue weighted by atomic mass is 9.85. The van der Waals surface area contributed by atoms with Gasteiger partial charge in [0.05, 0.1) is 18.1 Å². The van der Waals surface area contributed by atoms with E-state index in [0.717, 1.165) is 19.3 Å². The maximum atomic E-state index is 13.9. The Bertz CT molecular complexity index is 1130. The number of anilines is 1. The average molecular weight is 587 g/mol. The first kappa shape index (κ1) is 33.8. The summed E-state index contributed by atoms with van der Waals surface area (Å²) in [5.74, 6) is 2.40. The van der Waals surface area contributed by atoms with E-state index < -0.39 is 17.6 Å². The van der Waals surface area contributed by atoms with Crippen molar-refractivity contribution in [1.29, 1.82) is 0 Å². The van der Waals surface area contributed by atoms with E-state index in [9.17, 15) is 14.3 Å². The third-order valence-electron chi connectivity index (χ3n) is 8.91. The van der Waals surface area contributed by atoms with E-state index in [0.29, 0.717) is 30.4 Å². The zero-order valence-corrected chi connectivity index (χ0v) is 25.7. The Morgan fingerprint density at radius 1 is 1.05 bits per heavy atom. The lowest BCUT2D eigenvalue weighted by Gasteiger charge is -2.27.